The standard InChI is InChI=1S/C21H25BO5/c1-20(2)21(3,4)27-22(26-20)17-10-12-18(13-11-17)25-14-15-6-8-16(9-7-15)19(23)24-5/h6-13H,14H2,1-5H3. The van der Waals surface area contributed by atoms with Gasteiger partial charge in [-0.05, 0) is 63.0 Å². The molecule has 1 saturated heterocycles. The number of hydrogen-bond donors (Lipinski definition) is 0. The Morgan fingerprint density at radius 3 is 2.00 bits per heavy atom. The summed E-state index contributed by atoms with van der Waals surface area (Å²) >= 11 is 0. The van der Waals surface area contributed by atoms with E-state index < -0.39 is 0 Å². The van der Waals surface area contributed by atoms with Crippen LogP contribution >= 0.6 is 0 Å². The lowest BCUT2D eigenvalue weighted by Crippen LogP contribution is -2.41. The average Bonchev–Trinajstić information content (AvgIpc) is 2.87. The molecule has 0 bridgehead atoms. The number of hydrogen-bond acceptors (Lipinski definition) is 5. The van der Waals surface area contributed by atoms with Crippen LogP contribution in [0.2, 0.25) is 0 Å². The number of esters is 1. The molecule has 0 spiro atoms. The predicted molar refractivity (Wildman–Crippen MR) is 104 cm³/mol. The Bertz CT molecular complexity index is 780. The minimum atomic E-state index is -0.380. The third kappa shape index (κ3) is 4.17. The first-order valence-electron chi connectivity index (χ1n) is 8.97. The Morgan fingerprint density at radius 1 is 0.926 bits per heavy atom. The molecule has 0 radical (unpaired) electrons. The van der Waals surface area contributed by atoms with E-state index in [1.807, 2.05) is 64.1 Å². The molecule has 3 rings (SSSR count). The van der Waals surface area contributed by atoms with Crippen molar-refractivity contribution >= 4 is 18.6 Å². The van der Waals surface area contributed by atoms with Crippen molar-refractivity contribution in [1.29, 1.82) is 0 Å². The van der Waals surface area contributed by atoms with Gasteiger partial charge in [-0.1, -0.05) is 24.3 Å². The summed E-state index contributed by atoms with van der Waals surface area (Å²) in [5, 5.41) is 0. The normalized spacial score (nSPS) is 17.6. The van der Waals surface area contributed by atoms with Crippen LogP contribution in [-0.2, 0) is 20.7 Å². The van der Waals surface area contributed by atoms with Crippen LogP contribution in [0, 0.1) is 0 Å². The molecule has 0 atom stereocenters. The lowest BCUT2D eigenvalue weighted by molar-refractivity contribution is 0.00578. The molecule has 0 aromatic heterocycles. The maximum atomic E-state index is 11.5. The number of ether oxygens (including phenoxy) is 2. The van der Waals surface area contributed by atoms with Crippen molar-refractivity contribution in [2.24, 2.45) is 0 Å². The molecule has 0 N–H and O–H groups in total. The van der Waals surface area contributed by atoms with Crippen LogP contribution in [-0.4, -0.2) is 31.4 Å². The van der Waals surface area contributed by atoms with Crippen LogP contribution in [0.5, 0.6) is 5.75 Å². The Morgan fingerprint density at radius 2 is 1.48 bits per heavy atom. The number of benzene rings is 2. The van der Waals surface area contributed by atoms with Crippen LogP contribution < -0.4 is 10.2 Å². The molecule has 2 aromatic rings. The molecule has 1 aliphatic rings. The molecular weight excluding hydrogens is 343 g/mol. The highest BCUT2D eigenvalue weighted by Gasteiger charge is 2.51. The number of carbonyl (C=O) groups is 1. The minimum absolute atomic E-state index is 0.347. The molecule has 5 nitrogen and oxygen atoms in total. The van der Waals surface area contributed by atoms with Gasteiger partial charge in [-0.25, -0.2) is 4.79 Å². The first-order valence-corrected chi connectivity index (χ1v) is 8.97. The smallest absolute Gasteiger partial charge is 0.489 e. The fraction of sp³-hybridized carbons (Fsp3) is 0.381. The SMILES string of the molecule is COC(=O)c1ccc(COc2ccc(B3OC(C)(C)C(C)(C)O3)cc2)cc1. The van der Waals surface area contributed by atoms with Gasteiger partial charge in [0.2, 0.25) is 0 Å². The fourth-order valence-corrected chi connectivity index (χ4v) is 2.72. The van der Waals surface area contributed by atoms with Gasteiger partial charge in [0.1, 0.15) is 12.4 Å². The van der Waals surface area contributed by atoms with Gasteiger partial charge in [0.15, 0.2) is 0 Å². The van der Waals surface area contributed by atoms with Crippen molar-refractivity contribution in [3.63, 3.8) is 0 Å². The van der Waals surface area contributed by atoms with E-state index in [2.05, 4.69) is 0 Å². The molecule has 1 fully saturated rings. The zero-order valence-electron chi connectivity index (χ0n) is 16.4. The van der Waals surface area contributed by atoms with Crippen molar-refractivity contribution in [2.75, 3.05) is 7.11 Å². The second kappa shape index (κ2) is 7.37. The number of carbonyl (C=O) groups excluding carboxylic acids is 1. The molecule has 2 aromatic carbocycles. The molecule has 1 heterocycles. The molecule has 1 aliphatic heterocycles. The van der Waals surface area contributed by atoms with Crippen LogP contribution in [0.1, 0.15) is 43.6 Å². The third-order valence-electron chi connectivity index (χ3n) is 5.19. The van der Waals surface area contributed by atoms with Crippen molar-refractivity contribution in [3.8, 4) is 5.75 Å². The average molecular weight is 368 g/mol. The van der Waals surface area contributed by atoms with Gasteiger partial charge in [0, 0.05) is 0 Å². The van der Waals surface area contributed by atoms with Gasteiger partial charge < -0.3 is 18.8 Å². The molecular formula is C21H25BO5. The summed E-state index contributed by atoms with van der Waals surface area (Å²) in [6.07, 6.45) is 0. The highest BCUT2D eigenvalue weighted by Crippen LogP contribution is 2.36. The Balaban J connectivity index is 1.59. The van der Waals surface area contributed by atoms with E-state index >= 15 is 0 Å². The van der Waals surface area contributed by atoms with Crippen LogP contribution in [0.4, 0.5) is 0 Å². The van der Waals surface area contributed by atoms with Crippen LogP contribution in [0.15, 0.2) is 48.5 Å². The van der Waals surface area contributed by atoms with Gasteiger partial charge in [-0.3, -0.25) is 0 Å². The number of methoxy groups -OCH3 is 1. The lowest BCUT2D eigenvalue weighted by atomic mass is 9.79. The van der Waals surface area contributed by atoms with Gasteiger partial charge in [-0.2, -0.15) is 0 Å². The van der Waals surface area contributed by atoms with E-state index in [0.29, 0.717) is 12.2 Å². The summed E-state index contributed by atoms with van der Waals surface area (Å²) in [7, 11) is 0.988. The summed E-state index contributed by atoms with van der Waals surface area (Å²) in [6.45, 7) is 8.56. The van der Waals surface area contributed by atoms with E-state index in [0.717, 1.165) is 16.8 Å². The van der Waals surface area contributed by atoms with Crippen molar-refractivity contribution < 1.29 is 23.6 Å². The van der Waals surface area contributed by atoms with Crippen LogP contribution in [0.25, 0.3) is 0 Å². The third-order valence-corrected chi connectivity index (χ3v) is 5.19. The Hall–Kier alpha value is -2.31. The minimum Gasteiger partial charge on any atom is -0.489 e. The van der Waals surface area contributed by atoms with Crippen molar-refractivity contribution in [3.05, 3.63) is 59.7 Å². The topological polar surface area (TPSA) is 54.0 Å². The summed E-state index contributed by atoms with van der Waals surface area (Å²) in [4.78, 5) is 11.5. The molecule has 0 saturated carbocycles. The maximum Gasteiger partial charge on any atom is 0.494 e. The summed E-state index contributed by atoms with van der Waals surface area (Å²) in [5.74, 6) is 0.410. The molecule has 142 valence electrons. The maximum absolute atomic E-state index is 11.5. The highest BCUT2D eigenvalue weighted by atomic mass is 16.7. The Labute approximate surface area is 160 Å². The summed E-state index contributed by atoms with van der Waals surface area (Å²) in [5.41, 5.74) is 1.74. The molecule has 27 heavy (non-hydrogen) atoms. The fourth-order valence-electron chi connectivity index (χ4n) is 2.72. The zero-order valence-corrected chi connectivity index (χ0v) is 16.4. The molecule has 0 aliphatic carbocycles. The monoisotopic (exact) mass is 368 g/mol. The number of rotatable bonds is 5. The first-order chi connectivity index (χ1) is 12.7. The Kier molecular flexibility index (Phi) is 5.31. The molecule has 6 heteroatoms. The van der Waals surface area contributed by atoms with E-state index in [1.54, 1.807) is 12.1 Å². The van der Waals surface area contributed by atoms with E-state index in [9.17, 15) is 4.79 Å². The van der Waals surface area contributed by atoms with Gasteiger partial charge >= 0.3 is 13.1 Å². The van der Waals surface area contributed by atoms with Crippen molar-refractivity contribution in [1.82, 2.24) is 0 Å². The van der Waals surface area contributed by atoms with Crippen LogP contribution in [0.3, 0.4) is 0 Å². The van der Waals surface area contributed by atoms with Crippen molar-refractivity contribution in [2.45, 2.75) is 45.5 Å². The van der Waals surface area contributed by atoms with Gasteiger partial charge in [0.05, 0.1) is 23.9 Å². The highest BCUT2D eigenvalue weighted by molar-refractivity contribution is 6.62. The predicted octanol–water partition coefficient (Wildman–Crippen LogP) is 3.35. The lowest BCUT2D eigenvalue weighted by Gasteiger charge is -2.32. The van der Waals surface area contributed by atoms with E-state index in [1.165, 1.54) is 7.11 Å². The van der Waals surface area contributed by atoms with Gasteiger partial charge in [-0.15, -0.1) is 0 Å². The summed E-state index contributed by atoms with van der Waals surface area (Å²) in [6, 6.07) is 14.9. The van der Waals surface area contributed by atoms with E-state index in [-0.39, 0.29) is 24.3 Å². The first kappa shape index (κ1) is 19.5. The quantitative estimate of drug-likeness (QED) is 0.599. The zero-order chi connectivity index (χ0) is 19.7. The van der Waals surface area contributed by atoms with E-state index in [4.69, 9.17) is 18.8 Å². The summed E-state index contributed by atoms with van der Waals surface area (Å²) < 4.78 is 22.6. The molecule has 0 unspecified atom stereocenters. The second-order valence-electron chi connectivity index (χ2n) is 7.63. The second-order valence-corrected chi connectivity index (χ2v) is 7.63. The molecule has 0 amide bonds. The largest absolute Gasteiger partial charge is 0.494 e. The van der Waals surface area contributed by atoms with Gasteiger partial charge in [0.25, 0.3) is 0 Å².